The van der Waals surface area contributed by atoms with Crippen LogP contribution in [0.5, 0.6) is 0 Å². The van der Waals surface area contributed by atoms with Crippen molar-refractivity contribution in [1.29, 1.82) is 5.26 Å². The first-order valence-electron chi connectivity index (χ1n) is 3.80. The molecule has 0 fully saturated rings. The van der Waals surface area contributed by atoms with Crippen molar-refractivity contribution in [3.05, 3.63) is 42.4 Å². The van der Waals surface area contributed by atoms with Crippen molar-refractivity contribution in [2.75, 3.05) is 0 Å². The van der Waals surface area contributed by atoms with Gasteiger partial charge in [0.2, 0.25) is 0 Å². The molecule has 13 heavy (non-hydrogen) atoms. The van der Waals surface area contributed by atoms with Gasteiger partial charge in [-0.15, -0.1) is 0 Å². The number of nitriles is 1. The maximum atomic E-state index is 8.52. The maximum absolute atomic E-state index is 8.52. The van der Waals surface area contributed by atoms with E-state index in [1.54, 1.807) is 18.5 Å². The predicted molar refractivity (Wildman–Crippen MR) is 46.7 cm³/mol. The number of hydrogen-bond acceptors (Lipinski definition) is 3. The van der Waals surface area contributed by atoms with E-state index in [4.69, 9.17) is 9.68 Å². The van der Waals surface area contributed by atoms with Gasteiger partial charge in [-0.2, -0.15) is 5.26 Å². The van der Waals surface area contributed by atoms with Crippen LogP contribution in [0.25, 0.3) is 11.3 Å². The minimum absolute atomic E-state index is 0.412. The van der Waals surface area contributed by atoms with Crippen LogP contribution in [-0.4, -0.2) is 4.98 Å². The molecule has 0 bridgehead atoms. The summed E-state index contributed by atoms with van der Waals surface area (Å²) in [5, 5.41) is 8.52. The molecule has 0 aliphatic carbocycles. The van der Waals surface area contributed by atoms with Crippen molar-refractivity contribution in [3.8, 4) is 17.4 Å². The van der Waals surface area contributed by atoms with Crippen molar-refractivity contribution in [2.45, 2.75) is 0 Å². The van der Waals surface area contributed by atoms with Gasteiger partial charge in [0.15, 0.2) is 0 Å². The van der Waals surface area contributed by atoms with E-state index in [9.17, 15) is 0 Å². The highest BCUT2D eigenvalue weighted by Crippen LogP contribution is 2.18. The number of pyridine rings is 1. The summed E-state index contributed by atoms with van der Waals surface area (Å²) >= 11 is 0. The molecule has 2 aromatic rings. The Kier molecular flexibility index (Phi) is 1.81. The molecule has 0 spiro atoms. The fraction of sp³-hybridized carbons (Fsp3) is 0. The Morgan fingerprint density at radius 3 is 2.77 bits per heavy atom. The van der Waals surface area contributed by atoms with Crippen LogP contribution in [0.3, 0.4) is 0 Å². The number of nitrogens with zero attached hydrogens (tertiary/aromatic N) is 2. The lowest BCUT2D eigenvalue weighted by atomic mass is 10.2. The molecule has 2 aromatic heterocycles. The van der Waals surface area contributed by atoms with Gasteiger partial charge in [-0.1, -0.05) is 0 Å². The van der Waals surface area contributed by atoms with Crippen LogP contribution in [0.15, 0.2) is 41.1 Å². The summed E-state index contributed by atoms with van der Waals surface area (Å²) < 4.78 is 5.17. The molecule has 0 atom stereocenters. The lowest BCUT2D eigenvalue weighted by molar-refractivity contribution is 0.582. The molecule has 0 unspecified atom stereocenters. The fourth-order valence-electron chi connectivity index (χ4n) is 1.05. The Balaban J connectivity index is 2.40. The van der Waals surface area contributed by atoms with Gasteiger partial charge in [-0.3, -0.25) is 0 Å². The molecule has 0 aliphatic rings. The van der Waals surface area contributed by atoms with Crippen LogP contribution >= 0.6 is 0 Å². The lowest BCUT2D eigenvalue weighted by Crippen LogP contribution is -1.81. The van der Waals surface area contributed by atoms with Crippen molar-refractivity contribution in [3.63, 3.8) is 0 Å². The summed E-state index contributed by atoms with van der Waals surface area (Å²) in [5.74, 6) is 0.761. The van der Waals surface area contributed by atoms with Gasteiger partial charge in [-0.05, 0) is 24.3 Å². The minimum atomic E-state index is 0.412. The first-order valence-corrected chi connectivity index (χ1v) is 3.80. The van der Waals surface area contributed by atoms with Crippen LogP contribution in [0, 0.1) is 11.3 Å². The summed E-state index contributed by atoms with van der Waals surface area (Å²) in [6, 6.07) is 9.10. The molecule has 3 nitrogen and oxygen atoms in total. The summed E-state index contributed by atoms with van der Waals surface area (Å²) in [6.45, 7) is 0. The number of aromatic nitrogens is 1. The van der Waals surface area contributed by atoms with E-state index < -0.39 is 0 Å². The van der Waals surface area contributed by atoms with Crippen molar-refractivity contribution in [1.82, 2.24) is 4.98 Å². The Labute approximate surface area is 75.3 Å². The Bertz CT molecular complexity index is 423. The number of furan rings is 1. The van der Waals surface area contributed by atoms with Gasteiger partial charge >= 0.3 is 0 Å². The molecule has 0 aliphatic heterocycles. The quantitative estimate of drug-likeness (QED) is 0.659. The third-order valence-corrected chi connectivity index (χ3v) is 1.68. The smallest absolute Gasteiger partial charge is 0.140 e. The molecular weight excluding hydrogens is 164 g/mol. The van der Waals surface area contributed by atoms with Crippen LogP contribution in [0.1, 0.15) is 5.69 Å². The van der Waals surface area contributed by atoms with Gasteiger partial charge in [0.05, 0.1) is 6.26 Å². The second-order valence-electron chi connectivity index (χ2n) is 2.52. The van der Waals surface area contributed by atoms with Crippen LogP contribution in [0.4, 0.5) is 0 Å². The number of rotatable bonds is 1. The van der Waals surface area contributed by atoms with Gasteiger partial charge in [0, 0.05) is 11.8 Å². The lowest BCUT2D eigenvalue weighted by Gasteiger charge is -1.94. The largest absolute Gasteiger partial charge is 0.464 e. The molecule has 0 radical (unpaired) electrons. The van der Waals surface area contributed by atoms with Gasteiger partial charge in [-0.25, -0.2) is 4.98 Å². The third-order valence-electron chi connectivity index (χ3n) is 1.68. The second-order valence-corrected chi connectivity index (χ2v) is 2.52. The molecule has 62 valence electrons. The minimum Gasteiger partial charge on any atom is -0.464 e. The zero-order valence-electron chi connectivity index (χ0n) is 6.77. The SMILES string of the molecule is N#Cc1ccc(-c2ccco2)cn1. The standard InChI is InChI=1S/C10H6N2O/c11-6-9-4-3-8(7-12-9)10-2-1-5-13-10/h1-5,7H. The van der Waals surface area contributed by atoms with Crippen molar-refractivity contribution in [2.24, 2.45) is 0 Å². The van der Waals surface area contributed by atoms with Gasteiger partial charge in [0.1, 0.15) is 17.5 Å². The molecule has 0 aromatic carbocycles. The Morgan fingerprint density at radius 1 is 1.31 bits per heavy atom. The van der Waals surface area contributed by atoms with Crippen LogP contribution < -0.4 is 0 Å². The van der Waals surface area contributed by atoms with E-state index in [0.29, 0.717) is 5.69 Å². The van der Waals surface area contributed by atoms with Gasteiger partial charge < -0.3 is 4.42 Å². The average molecular weight is 170 g/mol. The van der Waals surface area contributed by atoms with Gasteiger partial charge in [0.25, 0.3) is 0 Å². The summed E-state index contributed by atoms with van der Waals surface area (Å²) in [5.41, 5.74) is 1.29. The first-order chi connectivity index (χ1) is 6.40. The van der Waals surface area contributed by atoms with Crippen molar-refractivity contribution < 1.29 is 4.42 Å². The first kappa shape index (κ1) is 7.56. The Hall–Kier alpha value is -2.08. The summed E-state index contributed by atoms with van der Waals surface area (Å²) in [7, 11) is 0. The molecule has 0 amide bonds. The van der Waals surface area contributed by atoms with Crippen molar-refractivity contribution >= 4 is 0 Å². The van der Waals surface area contributed by atoms with E-state index >= 15 is 0 Å². The average Bonchev–Trinajstić information content (AvgIpc) is 2.71. The van der Waals surface area contributed by atoms with E-state index in [1.807, 2.05) is 24.3 Å². The highest BCUT2D eigenvalue weighted by atomic mass is 16.3. The van der Waals surface area contributed by atoms with E-state index in [2.05, 4.69) is 4.98 Å². The number of hydrogen-bond donors (Lipinski definition) is 0. The molecule has 0 N–H and O–H groups in total. The normalized spacial score (nSPS) is 9.46. The zero-order valence-corrected chi connectivity index (χ0v) is 6.77. The summed E-state index contributed by atoms with van der Waals surface area (Å²) in [4.78, 5) is 3.93. The summed E-state index contributed by atoms with van der Waals surface area (Å²) in [6.07, 6.45) is 3.23. The monoisotopic (exact) mass is 170 g/mol. The molecule has 2 rings (SSSR count). The molecule has 0 saturated heterocycles. The molecule has 2 heterocycles. The second kappa shape index (κ2) is 3.11. The zero-order chi connectivity index (χ0) is 9.10. The fourth-order valence-corrected chi connectivity index (χ4v) is 1.05. The van der Waals surface area contributed by atoms with E-state index in [1.165, 1.54) is 0 Å². The maximum Gasteiger partial charge on any atom is 0.140 e. The predicted octanol–water partition coefficient (Wildman–Crippen LogP) is 2.21. The molecular formula is C10H6N2O. The highest BCUT2D eigenvalue weighted by molar-refractivity contribution is 5.56. The van der Waals surface area contributed by atoms with E-state index in [-0.39, 0.29) is 0 Å². The topological polar surface area (TPSA) is 49.8 Å². The van der Waals surface area contributed by atoms with Crippen LogP contribution in [-0.2, 0) is 0 Å². The molecule has 3 heteroatoms. The third kappa shape index (κ3) is 1.42. The molecule has 0 saturated carbocycles. The highest BCUT2D eigenvalue weighted by Gasteiger charge is 1.99. The Morgan fingerprint density at radius 2 is 2.23 bits per heavy atom. The van der Waals surface area contributed by atoms with E-state index in [0.717, 1.165) is 11.3 Å². The van der Waals surface area contributed by atoms with Crippen LogP contribution in [0.2, 0.25) is 0 Å².